The fraction of sp³-hybridized carbons (Fsp3) is 0.556. The Morgan fingerprint density at radius 2 is 2.35 bits per heavy atom. The Morgan fingerprint density at radius 3 is 3.13 bits per heavy atom. The number of nitrogens with one attached hydrogen (secondary N) is 1. The molecule has 0 radical (unpaired) electrons. The van der Waals surface area contributed by atoms with E-state index in [4.69, 9.17) is 10.00 Å². The van der Waals surface area contributed by atoms with Gasteiger partial charge in [-0.2, -0.15) is 5.26 Å². The molecule has 1 aromatic rings. The number of benzene rings is 1. The highest BCUT2D eigenvalue weighted by Gasteiger charge is 2.34. The lowest BCUT2D eigenvalue weighted by atomic mass is 9.94. The smallest absolute Gasteiger partial charge is 0.241 e. The molecule has 1 N–H and O–H groups in total. The number of rotatable bonds is 4. The van der Waals surface area contributed by atoms with Gasteiger partial charge in [-0.1, -0.05) is 13.0 Å². The number of likely N-dealkylation sites (tertiary alicyclic amines) is 1. The molecule has 0 aliphatic carbocycles. The van der Waals surface area contributed by atoms with E-state index in [1.54, 1.807) is 4.90 Å². The summed E-state index contributed by atoms with van der Waals surface area (Å²) in [4.78, 5) is 14.4. The maximum atomic E-state index is 12.7. The van der Waals surface area contributed by atoms with Crippen LogP contribution in [0.3, 0.4) is 0 Å². The molecule has 23 heavy (non-hydrogen) atoms. The molecule has 0 spiro atoms. The van der Waals surface area contributed by atoms with E-state index < -0.39 is 0 Å². The Morgan fingerprint density at radius 1 is 1.48 bits per heavy atom. The first-order valence-electron chi connectivity index (χ1n) is 8.41. The molecule has 5 nitrogen and oxygen atoms in total. The third kappa shape index (κ3) is 3.32. The lowest BCUT2D eigenvalue weighted by molar-refractivity contribution is -0.133. The van der Waals surface area contributed by atoms with Gasteiger partial charge < -0.3 is 15.0 Å². The first kappa shape index (κ1) is 15.8. The van der Waals surface area contributed by atoms with E-state index in [-0.39, 0.29) is 18.0 Å². The molecule has 3 rings (SSSR count). The molecule has 2 heterocycles. The Hall–Kier alpha value is -2.06. The largest absolute Gasteiger partial charge is 0.494 e. The first-order valence-corrected chi connectivity index (χ1v) is 8.41. The summed E-state index contributed by atoms with van der Waals surface area (Å²) in [7, 11) is 0. The third-order valence-electron chi connectivity index (χ3n) is 4.60. The molecular formula is C18H23N3O2. The van der Waals surface area contributed by atoms with Crippen molar-refractivity contribution in [1.29, 1.82) is 5.26 Å². The topological polar surface area (TPSA) is 65.4 Å². The van der Waals surface area contributed by atoms with Gasteiger partial charge in [0, 0.05) is 13.1 Å². The highest BCUT2D eigenvalue weighted by atomic mass is 16.5. The number of hydrogen-bond donors (Lipinski definition) is 1. The van der Waals surface area contributed by atoms with Gasteiger partial charge in [-0.05, 0) is 48.9 Å². The summed E-state index contributed by atoms with van der Waals surface area (Å²) in [6, 6.07) is 7.87. The minimum atomic E-state index is -0.254. The van der Waals surface area contributed by atoms with Gasteiger partial charge in [0.05, 0.1) is 18.7 Å². The molecule has 5 heteroatoms. The van der Waals surface area contributed by atoms with Crippen LogP contribution in [-0.2, 0) is 17.8 Å². The fourth-order valence-corrected chi connectivity index (χ4v) is 3.34. The van der Waals surface area contributed by atoms with Crippen LogP contribution in [0.15, 0.2) is 18.2 Å². The van der Waals surface area contributed by atoms with Gasteiger partial charge in [-0.3, -0.25) is 4.79 Å². The molecule has 1 aromatic carbocycles. The standard InChI is InChI=1S/C18H23N3O2/c1-2-8-23-16-6-5-13-10-17(20-12-14(13)9-16)18(22)21-7-3-4-15(21)11-19/h5-6,9,15,17,20H,2-4,7-8,10,12H2,1H3/t15-,17+/m1/s1. The molecule has 2 atom stereocenters. The van der Waals surface area contributed by atoms with Crippen molar-refractivity contribution < 1.29 is 9.53 Å². The Kier molecular flexibility index (Phi) is 4.82. The summed E-state index contributed by atoms with van der Waals surface area (Å²) in [6.45, 7) is 4.17. The van der Waals surface area contributed by atoms with E-state index >= 15 is 0 Å². The fourth-order valence-electron chi connectivity index (χ4n) is 3.34. The molecule has 1 amide bonds. The number of fused-ring (bicyclic) bond motifs is 1. The molecule has 122 valence electrons. The van der Waals surface area contributed by atoms with Crippen LogP contribution in [0.1, 0.15) is 37.3 Å². The second-order valence-corrected chi connectivity index (χ2v) is 6.24. The van der Waals surface area contributed by atoms with Crippen LogP contribution in [0.4, 0.5) is 0 Å². The van der Waals surface area contributed by atoms with Crippen molar-refractivity contribution in [3.63, 3.8) is 0 Å². The van der Waals surface area contributed by atoms with Gasteiger partial charge >= 0.3 is 0 Å². The van der Waals surface area contributed by atoms with E-state index in [1.807, 2.05) is 6.07 Å². The Bertz CT molecular complexity index is 623. The number of hydrogen-bond acceptors (Lipinski definition) is 4. The summed E-state index contributed by atoms with van der Waals surface area (Å²) in [6.07, 6.45) is 3.38. The van der Waals surface area contributed by atoms with Gasteiger partial charge in [-0.25, -0.2) is 0 Å². The SMILES string of the molecule is CCCOc1ccc2c(c1)CN[C@H](C(=O)N1CCC[C@@H]1C#N)C2. The van der Waals surface area contributed by atoms with E-state index in [2.05, 4.69) is 30.4 Å². The summed E-state index contributed by atoms with van der Waals surface area (Å²) in [5.41, 5.74) is 2.39. The number of amides is 1. The Labute approximate surface area is 137 Å². The molecule has 0 unspecified atom stereocenters. The van der Waals surface area contributed by atoms with Crippen molar-refractivity contribution in [1.82, 2.24) is 10.2 Å². The molecule has 1 saturated heterocycles. The van der Waals surface area contributed by atoms with Crippen LogP contribution in [0, 0.1) is 11.3 Å². The predicted molar refractivity (Wildman–Crippen MR) is 86.9 cm³/mol. The van der Waals surface area contributed by atoms with Crippen LogP contribution >= 0.6 is 0 Å². The Balaban J connectivity index is 1.68. The van der Waals surface area contributed by atoms with Crippen molar-refractivity contribution in [2.24, 2.45) is 0 Å². The number of nitrogens with zero attached hydrogens (tertiary/aromatic N) is 2. The zero-order valence-electron chi connectivity index (χ0n) is 13.5. The average molecular weight is 313 g/mol. The van der Waals surface area contributed by atoms with Gasteiger partial charge in [0.2, 0.25) is 5.91 Å². The summed E-state index contributed by atoms with van der Waals surface area (Å²) in [5, 5.41) is 12.5. The van der Waals surface area contributed by atoms with Crippen molar-refractivity contribution in [2.45, 2.75) is 51.2 Å². The maximum absolute atomic E-state index is 12.7. The highest BCUT2D eigenvalue weighted by molar-refractivity contribution is 5.83. The quantitative estimate of drug-likeness (QED) is 0.923. The molecule has 0 saturated carbocycles. The molecule has 1 fully saturated rings. The van der Waals surface area contributed by atoms with E-state index in [0.717, 1.165) is 31.6 Å². The molecule has 0 bridgehead atoms. The van der Waals surface area contributed by atoms with E-state index in [1.165, 1.54) is 11.1 Å². The first-order chi connectivity index (χ1) is 11.2. The third-order valence-corrected chi connectivity index (χ3v) is 4.60. The van der Waals surface area contributed by atoms with Crippen molar-refractivity contribution in [3.8, 4) is 11.8 Å². The molecular weight excluding hydrogens is 290 g/mol. The highest BCUT2D eigenvalue weighted by Crippen LogP contribution is 2.25. The van der Waals surface area contributed by atoms with Gasteiger partial charge in [0.15, 0.2) is 0 Å². The molecule has 2 aliphatic rings. The average Bonchev–Trinajstić information content (AvgIpc) is 3.07. The van der Waals surface area contributed by atoms with Crippen molar-refractivity contribution in [3.05, 3.63) is 29.3 Å². The minimum Gasteiger partial charge on any atom is -0.494 e. The van der Waals surface area contributed by atoms with Crippen LogP contribution in [0.5, 0.6) is 5.75 Å². The van der Waals surface area contributed by atoms with Crippen LogP contribution < -0.4 is 10.1 Å². The van der Waals surface area contributed by atoms with Crippen LogP contribution in [0.2, 0.25) is 0 Å². The van der Waals surface area contributed by atoms with E-state index in [0.29, 0.717) is 19.5 Å². The van der Waals surface area contributed by atoms with Crippen LogP contribution in [-0.4, -0.2) is 36.0 Å². The number of carbonyl (C=O) groups is 1. The van der Waals surface area contributed by atoms with Crippen LogP contribution in [0.25, 0.3) is 0 Å². The van der Waals surface area contributed by atoms with E-state index in [9.17, 15) is 4.79 Å². The van der Waals surface area contributed by atoms with Crippen molar-refractivity contribution in [2.75, 3.05) is 13.2 Å². The maximum Gasteiger partial charge on any atom is 0.241 e. The molecule has 2 aliphatic heterocycles. The lowest BCUT2D eigenvalue weighted by Crippen LogP contribution is -2.50. The summed E-state index contributed by atoms with van der Waals surface area (Å²) >= 11 is 0. The van der Waals surface area contributed by atoms with Gasteiger partial charge in [-0.15, -0.1) is 0 Å². The lowest BCUT2D eigenvalue weighted by Gasteiger charge is -2.30. The monoisotopic (exact) mass is 313 g/mol. The predicted octanol–water partition coefficient (Wildman–Crippen LogP) is 2.00. The second-order valence-electron chi connectivity index (χ2n) is 6.24. The summed E-state index contributed by atoms with van der Waals surface area (Å²) in [5.74, 6) is 0.951. The minimum absolute atomic E-state index is 0.0611. The van der Waals surface area contributed by atoms with Gasteiger partial charge in [0.1, 0.15) is 11.8 Å². The normalized spacial score (nSPS) is 23.2. The number of nitriles is 1. The van der Waals surface area contributed by atoms with Gasteiger partial charge in [0.25, 0.3) is 0 Å². The molecule has 0 aromatic heterocycles. The zero-order valence-corrected chi connectivity index (χ0v) is 13.5. The second kappa shape index (κ2) is 7.01. The summed E-state index contributed by atoms with van der Waals surface area (Å²) < 4.78 is 5.67. The number of ether oxygens (including phenoxy) is 1. The zero-order chi connectivity index (χ0) is 16.2. The number of carbonyl (C=O) groups excluding carboxylic acids is 1. The van der Waals surface area contributed by atoms with Crippen molar-refractivity contribution >= 4 is 5.91 Å².